The number of carbonyl (C=O) groups excluding carboxylic acids is 2. The SMILES string of the molecule is CCOC(=O)CCCNC(=O)C(CC(C)C)CC(O)C(N)CC1CCCCC1. The fourth-order valence-electron chi connectivity index (χ4n) is 4.13. The first-order valence-electron chi connectivity index (χ1n) is 11.2. The van der Waals surface area contributed by atoms with Crippen LogP contribution < -0.4 is 11.1 Å². The molecule has 6 nitrogen and oxygen atoms in total. The maximum Gasteiger partial charge on any atom is 0.305 e. The molecule has 1 saturated carbocycles. The average Bonchev–Trinajstić information content (AvgIpc) is 2.65. The van der Waals surface area contributed by atoms with Crippen molar-refractivity contribution < 1.29 is 19.4 Å². The molecule has 3 atom stereocenters. The molecule has 1 aliphatic rings. The predicted molar refractivity (Wildman–Crippen MR) is 112 cm³/mol. The molecule has 164 valence electrons. The van der Waals surface area contributed by atoms with Crippen LogP contribution in [-0.2, 0) is 14.3 Å². The number of carbonyl (C=O) groups is 2. The van der Waals surface area contributed by atoms with Gasteiger partial charge in [-0.15, -0.1) is 0 Å². The third-order valence-electron chi connectivity index (χ3n) is 5.64. The van der Waals surface area contributed by atoms with Gasteiger partial charge in [0.2, 0.25) is 5.91 Å². The van der Waals surface area contributed by atoms with Crippen LogP contribution in [0.5, 0.6) is 0 Å². The van der Waals surface area contributed by atoms with E-state index in [4.69, 9.17) is 10.5 Å². The molecule has 0 aromatic rings. The molecule has 0 saturated heterocycles. The summed E-state index contributed by atoms with van der Waals surface area (Å²) in [7, 11) is 0. The van der Waals surface area contributed by atoms with E-state index in [9.17, 15) is 14.7 Å². The van der Waals surface area contributed by atoms with E-state index in [-0.39, 0.29) is 23.8 Å². The summed E-state index contributed by atoms with van der Waals surface area (Å²) in [5.41, 5.74) is 6.28. The van der Waals surface area contributed by atoms with Crippen LogP contribution in [0, 0.1) is 17.8 Å². The molecule has 4 N–H and O–H groups in total. The first-order valence-corrected chi connectivity index (χ1v) is 11.2. The lowest BCUT2D eigenvalue weighted by atomic mass is 9.82. The molecule has 0 aromatic carbocycles. The van der Waals surface area contributed by atoms with Crippen LogP contribution in [0.15, 0.2) is 0 Å². The van der Waals surface area contributed by atoms with Crippen molar-refractivity contribution in [2.45, 2.75) is 97.1 Å². The Morgan fingerprint density at radius 3 is 2.46 bits per heavy atom. The molecule has 28 heavy (non-hydrogen) atoms. The Kier molecular flexibility index (Phi) is 12.4. The number of hydrogen-bond acceptors (Lipinski definition) is 5. The summed E-state index contributed by atoms with van der Waals surface area (Å²) in [6.07, 6.45) is 8.41. The Morgan fingerprint density at radius 2 is 1.86 bits per heavy atom. The van der Waals surface area contributed by atoms with E-state index in [0.717, 1.165) is 12.8 Å². The van der Waals surface area contributed by atoms with E-state index in [1.54, 1.807) is 6.92 Å². The third-order valence-corrected chi connectivity index (χ3v) is 5.64. The Morgan fingerprint density at radius 1 is 1.18 bits per heavy atom. The van der Waals surface area contributed by atoms with E-state index in [1.165, 1.54) is 32.1 Å². The summed E-state index contributed by atoms with van der Waals surface area (Å²) in [6.45, 7) is 6.75. The standard InChI is InChI=1S/C22H42N2O4/c1-4-28-21(26)11-8-12-24-22(27)18(13-16(2)3)15-20(25)19(23)14-17-9-6-5-7-10-17/h16-20,25H,4-15,23H2,1-3H3,(H,24,27). The molecular weight excluding hydrogens is 356 g/mol. The van der Waals surface area contributed by atoms with Gasteiger partial charge in [-0.2, -0.15) is 0 Å². The number of hydrogen-bond donors (Lipinski definition) is 3. The summed E-state index contributed by atoms with van der Waals surface area (Å²) >= 11 is 0. The van der Waals surface area contributed by atoms with E-state index in [0.29, 0.717) is 44.2 Å². The van der Waals surface area contributed by atoms with Crippen molar-refractivity contribution in [1.29, 1.82) is 0 Å². The first kappa shape index (κ1) is 24.9. The fraction of sp³-hybridized carbons (Fsp3) is 0.909. The van der Waals surface area contributed by atoms with Crippen molar-refractivity contribution in [3.63, 3.8) is 0 Å². The zero-order chi connectivity index (χ0) is 20.9. The van der Waals surface area contributed by atoms with Crippen molar-refractivity contribution in [2.24, 2.45) is 23.5 Å². The van der Waals surface area contributed by atoms with Crippen molar-refractivity contribution in [3.05, 3.63) is 0 Å². The van der Waals surface area contributed by atoms with Gasteiger partial charge in [0.25, 0.3) is 0 Å². The highest BCUT2D eigenvalue weighted by molar-refractivity contribution is 5.78. The number of esters is 1. The van der Waals surface area contributed by atoms with Gasteiger partial charge >= 0.3 is 5.97 Å². The summed E-state index contributed by atoms with van der Waals surface area (Å²) < 4.78 is 4.89. The second-order valence-corrected chi connectivity index (χ2v) is 8.73. The van der Waals surface area contributed by atoms with Crippen LogP contribution in [0.25, 0.3) is 0 Å². The van der Waals surface area contributed by atoms with Crippen molar-refractivity contribution >= 4 is 11.9 Å². The summed E-state index contributed by atoms with van der Waals surface area (Å²) in [6, 6.07) is -0.269. The van der Waals surface area contributed by atoms with Crippen molar-refractivity contribution in [2.75, 3.05) is 13.2 Å². The summed E-state index contributed by atoms with van der Waals surface area (Å²) in [5, 5.41) is 13.5. The molecule has 1 rings (SSSR count). The van der Waals surface area contributed by atoms with E-state index in [2.05, 4.69) is 19.2 Å². The quantitative estimate of drug-likeness (QED) is 0.327. The number of nitrogens with two attached hydrogens (primary N) is 1. The third kappa shape index (κ3) is 10.4. The molecule has 1 amide bonds. The highest BCUT2D eigenvalue weighted by Crippen LogP contribution is 2.28. The number of rotatable bonds is 13. The van der Waals surface area contributed by atoms with E-state index >= 15 is 0 Å². The zero-order valence-corrected chi connectivity index (χ0v) is 18.1. The number of aliphatic hydroxyl groups is 1. The Hall–Kier alpha value is -1.14. The van der Waals surface area contributed by atoms with Gasteiger partial charge in [0.1, 0.15) is 0 Å². The summed E-state index contributed by atoms with van der Waals surface area (Å²) in [5.74, 6) is 0.423. The largest absolute Gasteiger partial charge is 0.466 e. The molecule has 1 aliphatic carbocycles. The highest BCUT2D eigenvalue weighted by Gasteiger charge is 2.27. The number of amides is 1. The molecular formula is C22H42N2O4. The van der Waals surface area contributed by atoms with Gasteiger partial charge in [0.05, 0.1) is 12.7 Å². The van der Waals surface area contributed by atoms with Crippen LogP contribution in [0.4, 0.5) is 0 Å². The van der Waals surface area contributed by atoms with E-state index < -0.39 is 6.10 Å². The van der Waals surface area contributed by atoms with Gasteiger partial charge in [-0.1, -0.05) is 46.0 Å². The molecule has 0 aliphatic heterocycles. The van der Waals surface area contributed by atoms with Crippen LogP contribution in [0.3, 0.4) is 0 Å². The molecule has 1 fully saturated rings. The molecule has 0 aromatic heterocycles. The van der Waals surface area contributed by atoms with Gasteiger partial charge in [0, 0.05) is 24.9 Å². The smallest absolute Gasteiger partial charge is 0.305 e. The number of ether oxygens (including phenoxy) is 1. The number of nitrogens with one attached hydrogen (secondary N) is 1. The molecule has 0 radical (unpaired) electrons. The van der Waals surface area contributed by atoms with Crippen molar-refractivity contribution in [3.8, 4) is 0 Å². The molecule has 6 heteroatoms. The monoisotopic (exact) mass is 398 g/mol. The molecule has 0 heterocycles. The Balaban J connectivity index is 2.44. The minimum Gasteiger partial charge on any atom is -0.466 e. The van der Waals surface area contributed by atoms with Gasteiger partial charge in [-0.25, -0.2) is 0 Å². The molecule has 0 bridgehead atoms. The molecule has 0 spiro atoms. The van der Waals surface area contributed by atoms with Crippen LogP contribution >= 0.6 is 0 Å². The van der Waals surface area contributed by atoms with Crippen LogP contribution in [-0.4, -0.2) is 42.3 Å². The minimum absolute atomic E-state index is 0.0542. The average molecular weight is 399 g/mol. The zero-order valence-electron chi connectivity index (χ0n) is 18.1. The van der Waals surface area contributed by atoms with Gasteiger partial charge < -0.3 is 20.9 Å². The maximum absolute atomic E-state index is 12.6. The predicted octanol–water partition coefficient (Wildman–Crippen LogP) is 3.16. The number of aliphatic hydroxyl groups excluding tert-OH is 1. The Bertz CT molecular complexity index is 450. The lowest BCUT2D eigenvalue weighted by molar-refractivity contribution is -0.143. The topological polar surface area (TPSA) is 102 Å². The second-order valence-electron chi connectivity index (χ2n) is 8.73. The fourth-order valence-corrected chi connectivity index (χ4v) is 4.13. The maximum atomic E-state index is 12.6. The van der Waals surface area contributed by atoms with Crippen LogP contribution in [0.2, 0.25) is 0 Å². The van der Waals surface area contributed by atoms with Crippen molar-refractivity contribution in [1.82, 2.24) is 5.32 Å². The van der Waals surface area contributed by atoms with Gasteiger partial charge in [-0.3, -0.25) is 9.59 Å². The normalized spacial score (nSPS) is 18.5. The second kappa shape index (κ2) is 13.9. The lowest BCUT2D eigenvalue weighted by Crippen LogP contribution is -2.41. The van der Waals surface area contributed by atoms with Crippen LogP contribution in [0.1, 0.15) is 85.0 Å². The highest BCUT2D eigenvalue weighted by atomic mass is 16.5. The minimum atomic E-state index is -0.657. The van der Waals surface area contributed by atoms with E-state index in [1.807, 2.05) is 0 Å². The Labute approximate surface area is 171 Å². The van der Waals surface area contributed by atoms with Gasteiger partial charge in [0.15, 0.2) is 0 Å². The van der Waals surface area contributed by atoms with Gasteiger partial charge in [-0.05, 0) is 44.4 Å². The lowest BCUT2D eigenvalue weighted by Gasteiger charge is -2.29. The first-order chi connectivity index (χ1) is 13.3. The molecule has 3 unspecified atom stereocenters. The summed E-state index contributed by atoms with van der Waals surface area (Å²) in [4.78, 5) is 24.0.